The van der Waals surface area contributed by atoms with E-state index in [0.29, 0.717) is 0 Å². The Balaban J connectivity index is 0.000000956. The first-order valence-corrected chi connectivity index (χ1v) is 7.89. The molecule has 1 fully saturated rings. The van der Waals surface area contributed by atoms with Crippen LogP contribution < -0.4 is 20.9 Å². The van der Waals surface area contributed by atoms with Crippen molar-refractivity contribution in [1.29, 1.82) is 0 Å². The molecule has 2 rings (SSSR count). The Bertz CT molecular complexity index is 304. The highest BCUT2D eigenvalue weighted by molar-refractivity contribution is 5.45. The van der Waals surface area contributed by atoms with Crippen molar-refractivity contribution < 1.29 is 0 Å². The third-order valence-electron chi connectivity index (χ3n) is 3.20. The Morgan fingerprint density at radius 3 is 1.65 bits per heavy atom. The summed E-state index contributed by atoms with van der Waals surface area (Å²) in [4.78, 5) is 2.44. The average molecular weight is 278 g/mol. The lowest BCUT2D eigenvalue weighted by molar-refractivity contribution is 0.557. The van der Waals surface area contributed by atoms with E-state index in [1.807, 2.05) is 13.8 Å². The number of hydrogen-bond donors (Lipinski definition) is 3. The molecule has 1 heterocycles. The minimum atomic E-state index is 1.04. The lowest BCUT2D eigenvalue weighted by Gasteiger charge is -2.26. The van der Waals surface area contributed by atoms with Gasteiger partial charge in [-0.2, -0.15) is 0 Å². The number of nitrogens with one attached hydrogen (secondary N) is 3. The summed E-state index contributed by atoms with van der Waals surface area (Å²) in [5.74, 6) is 0. The summed E-state index contributed by atoms with van der Waals surface area (Å²) in [6.07, 6.45) is 0. The van der Waals surface area contributed by atoms with Crippen LogP contribution in [0.1, 0.15) is 13.8 Å². The number of hydrogen-bond acceptors (Lipinski definition) is 4. The molecule has 3 N–H and O–H groups in total. The van der Waals surface area contributed by atoms with Crippen LogP contribution in [0.3, 0.4) is 0 Å². The molecule has 0 saturated carbocycles. The Morgan fingerprint density at radius 1 is 0.700 bits per heavy atom. The van der Waals surface area contributed by atoms with Crippen LogP contribution in [0.4, 0.5) is 5.69 Å². The van der Waals surface area contributed by atoms with Crippen LogP contribution in [0.15, 0.2) is 30.3 Å². The maximum absolute atomic E-state index is 3.48. The van der Waals surface area contributed by atoms with Crippen LogP contribution in [0, 0.1) is 0 Å². The lowest BCUT2D eigenvalue weighted by Crippen LogP contribution is -2.41. The minimum Gasteiger partial charge on any atom is -0.369 e. The Morgan fingerprint density at radius 2 is 1.15 bits per heavy atom. The van der Waals surface area contributed by atoms with Crippen LogP contribution in [-0.4, -0.2) is 52.4 Å². The van der Waals surface area contributed by atoms with Crippen molar-refractivity contribution in [2.45, 2.75) is 13.8 Å². The zero-order valence-electron chi connectivity index (χ0n) is 13.0. The molecule has 0 amide bonds. The van der Waals surface area contributed by atoms with Crippen molar-refractivity contribution in [1.82, 2.24) is 16.0 Å². The highest BCUT2D eigenvalue weighted by Gasteiger charge is 2.05. The van der Waals surface area contributed by atoms with Crippen molar-refractivity contribution >= 4 is 5.69 Å². The van der Waals surface area contributed by atoms with E-state index >= 15 is 0 Å². The summed E-state index contributed by atoms with van der Waals surface area (Å²) in [6.45, 7) is 12.4. The fraction of sp³-hybridized carbons (Fsp3) is 0.625. The van der Waals surface area contributed by atoms with Crippen LogP contribution in [0.2, 0.25) is 0 Å². The van der Waals surface area contributed by atoms with Gasteiger partial charge in [0.1, 0.15) is 0 Å². The molecular formula is C16H30N4. The molecule has 1 aliphatic rings. The van der Waals surface area contributed by atoms with Crippen molar-refractivity contribution in [3.05, 3.63) is 30.3 Å². The van der Waals surface area contributed by atoms with E-state index in [-0.39, 0.29) is 0 Å². The van der Waals surface area contributed by atoms with Gasteiger partial charge in [0.25, 0.3) is 0 Å². The van der Waals surface area contributed by atoms with Crippen LogP contribution in [-0.2, 0) is 0 Å². The molecule has 0 radical (unpaired) electrons. The van der Waals surface area contributed by atoms with Gasteiger partial charge < -0.3 is 20.9 Å². The zero-order chi connectivity index (χ0) is 14.5. The second-order valence-corrected chi connectivity index (χ2v) is 4.57. The SMILES string of the molecule is CC.c1ccc(N2CCNCCNCCNCC2)cc1. The quantitative estimate of drug-likeness (QED) is 0.724. The first-order chi connectivity index (χ1) is 9.97. The summed E-state index contributed by atoms with van der Waals surface area (Å²) < 4.78 is 0. The van der Waals surface area contributed by atoms with Crippen LogP contribution >= 0.6 is 0 Å². The molecule has 1 aromatic rings. The molecule has 1 aliphatic heterocycles. The van der Waals surface area contributed by atoms with Gasteiger partial charge in [0.15, 0.2) is 0 Å². The van der Waals surface area contributed by atoms with E-state index < -0.39 is 0 Å². The van der Waals surface area contributed by atoms with E-state index in [1.54, 1.807) is 0 Å². The van der Waals surface area contributed by atoms with Crippen molar-refractivity contribution in [2.24, 2.45) is 0 Å². The summed E-state index contributed by atoms with van der Waals surface area (Å²) >= 11 is 0. The molecule has 0 spiro atoms. The summed E-state index contributed by atoms with van der Waals surface area (Å²) in [7, 11) is 0. The van der Waals surface area contributed by atoms with E-state index in [9.17, 15) is 0 Å². The number of benzene rings is 1. The van der Waals surface area contributed by atoms with Crippen LogP contribution in [0.5, 0.6) is 0 Å². The van der Waals surface area contributed by atoms with Gasteiger partial charge in [-0.15, -0.1) is 0 Å². The van der Waals surface area contributed by atoms with Crippen molar-refractivity contribution in [2.75, 3.05) is 57.3 Å². The zero-order valence-corrected chi connectivity index (χ0v) is 13.0. The maximum Gasteiger partial charge on any atom is 0.0367 e. The van der Waals surface area contributed by atoms with Gasteiger partial charge in [-0.25, -0.2) is 0 Å². The number of nitrogens with zero attached hydrogens (tertiary/aromatic N) is 1. The van der Waals surface area contributed by atoms with E-state index in [1.165, 1.54) is 5.69 Å². The third-order valence-corrected chi connectivity index (χ3v) is 3.20. The molecule has 0 bridgehead atoms. The predicted octanol–water partition coefficient (Wildman–Crippen LogP) is 1.30. The summed E-state index contributed by atoms with van der Waals surface area (Å²) in [5, 5.41) is 10.4. The molecule has 0 aliphatic carbocycles. The van der Waals surface area contributed by atoms with E-state index in [4.69, 9.17) is 0 Å². The summed E-state index contributed by atoms with van der Waals surface area (Å²) in [6, 6.07) is 10.7. The van der Waals surface area contributed by atoms with E-state index in [0.717, 1.165) is 52.4 Å². The highest BCUT2D eigenvalue weighted by Crippen LogP contribution is 2.11. The topological polar surface area (TPSA) is 39.3 Å². The Hall–Kier alpha value is -1.10. The fourth-order valence-electron chi connectivity index (χ4n) is 2.17. The smallest absolute Gasteiger partial charge is 0.0367 e. The van der Waals surface area contributed by atoms with Gasteiger partial charge in [0, 0.05) is 58.0 Å². The Labute approximate surface area is 123 Å². The van der Waals surface area contributed by atoms with Gasteiger partial charge in [0.05, 0.1) is 0 Å². The molecule has 4 nitrogen and oxygen atoms in total. The first-order valence-electron chi connectivity index (χ1n) is 7.89. The molecule has 4 heteroatoms. The monoisotopic (exact) mass is 278 g/mol. The van der Waals surface area contributed by atoms with Crippen molar-refractivity contribution in [3.63, 3.8) is 0 Å². The third kappa shape index (κ3) is 6.89. The standard InChI is InChI=1S/C14H24N4.C2H6/c1-2-4-14(5-3-1)18-12-10-16-8-6-15-7-9-17-11-13-18;1-2/h1-5,15-17H,6-13H2;1-2H3. The molecule has 1 saturated heterocycles. The van der Waals surface area contributed by atoms with Gasteiger partial charge >= 0.3 is 0 Å². The highest BCUT2D eigenvalue weighted by atomic mass is 15.2. The Kier molecular flexibility index (Phi) is 9.92. The van der Waals surface area contributed by atoms with Gasteiger partial charge in [-0.05, 0) is 12.1 Å². The van der Waals surface area contributed by atoms with Crippen LogP contribution in [0.25, 0.3) is 0 Å². The first kappa shape index (κ1) is 17.0. The summed E-state index contributed by atoms with van der Waals surface area (Å²) in [5.41, 5.74) is 1.32. The second kappa shape index (κ2) is 11.7. The van der Waals surface area contributed by atoms with Gasteiger partial charge in [-0.1, -0.05) is 32.0 Å². The number of anilines is 1. The predicted molar refractivity (Wildman–Crippen MR) is 88.6 cm³/mol. The fourth-order valence-corrected chi connectivity index (χ4v) is 2.17. The second-order valence-electron chi connectivity index (χ2n) is 4.57. The number of rotatable bonds is 1. The van der Waals surface area contributed by atoms with Gasteiger partial charge in [-0.3, -0.25) is 0 Å². The maximum atomic E-state index is 3.48. The number of para-hydroxylation sites is 1. The van der Waals surface area contributed by atoms with E-state index in [2.05, 4.69) is 51.2 Å². The molecule has 0 atom stereocenters. The molecule has 1 aromatic carbocycles. The molecule has 114 valence electrons. The van der Waals surface area contributed by atoms with Crippen molar-refractivity contribution in [3.8, 4) is 0 Å². The van der Waals surface area contributed by atoms with Gasteiger partial charge in [0.2, 0.25) is 0 Å². The minimum absolute atomic E-state index is 1.04. The largest absolute Gasteiger partial charge is 0.369 e. The normalized spacial score (nSPS) is 18.2. The molecule has 0 unspecified atom stereocenters. The average Bonchev–Trinajstić information content (AvgIpc) is 2.51. The molecule has 20 heavy (non-hydrogen) atoms. The molecular weight excluding hydrogens is 248 g/mol. The molecule has 0 aromatic heterocycles. The lowest BCUT2D eigenvalue weighted by atomic mass is 10.3.